The number of benzene rings is 2. The van der Waals surface area contributed by atoms with Gasteiger partial charge >= 0.3 is 7.12 Å². The number of aromatic nitrogens is 2. The van der Waals surface area contributed by atoms with Gasteiger partial charge in [0.15, 0.2) is 5.82 Å². The number of fused-ring (bicyclic) bond motifs is 1. The topological polar surface area (TPSA) is 101 Å². The zero-order valence-corrected chi connectivity index (χ0v) is 13.9. The van der Waals surface area contributed by atoms with E-state index in [0.717, 1.165) is 22.0 Å². The fourth-order valence-corrected chi connectivity index (χ4v) is 2.89. The normalized spacial score (nSPS) is 10.9. The molecular weight excluding hydrogens is 328 g/mol. The number of aryl methyl sites for hydroxylation is 1. The summed E-state index contributed by atoms with van der Waals surface area (Å²) in [7, 11) is -0.147. The highest BCUT2D eigenvalue weighted by molar-refractivity contribution is 6.63. The van der Waals surface area contributed by atoms with Gasteiger partial charge in [0.1, 0.15) is 5.75 Å². The Bertz CT molecular complexity index is 934. The van der Waals surface area contributed by atoms with Gasteiger partial charge in [-0.1, -0.05) is 17.7 Å². The predicted octanol–water partition coefficient (Wildman–Crippen LogP) is 1.53. The number of hydrogen-bond donors (Lipinski definition) is 3. The minimum atomic E-state index is -1.68. The van der Waals surface area contributed by atoms with Crippen LogP contribution in [-0.2, 0) is 0 Å². The van der Waals surface area contributed by atoms with E-state index in [-0.39, 0.29) is 10.5 Å². The van der Waals surface area contributed by atoms with Crippen LogP contribution in [0.2, 0.25) is 5.02 Å². The predicted molar refractivity (Wildman–Crippen MR) is 95.5 cm³/mol. The Balaban J connectivity index is 2.27. The first kappa shape index (κ1) is 16.5. The van der Waals surface area contributed by atoms with E-state index in [2.05, 4.69) is 10.2 Å². The molecule has 0 saturated carbocycles. The zero-order valence-electron chi connectivity index (χ0n) is 13.1. The Kier molecular flexibility index (Phi) is 4.32. The van der Waals surface area contributed by atoms with E-state index in [9.17, 15) is 10.0 Å². The summed E-state index contributed by atoms with van der Waals surface area (Å²) in [4.78, 5) is 0. The Labute approximate surface area is 144 Å². The molecule has 0 aliphatic carbocycles. The van der Waals surface area contributed by atoms with Crippen LogP contribution in [0, 0.1) is 6.92 Å². The molecule has 0 bridgehead atoms. The van der Waals surface area contributed by atoms with E-state index in [1.54, 1.807) is 12.1 Å². The lowest BCUT2D eigenvalue weighted by Gasteiger charge is -2.14. The van der Waals surface area contributed by atoms with Crippen molar-refractivity contribution in [2.45, 2.75) is 6.92 Å². The van der Waals surface area contributed by atoms with Gasteiger partial charge < -0.3 is 20.5 Å². The minimum absolute atomic E-state index is 0.205. The van der Waals surface area contributed by atoms with E-state index in [0.29, 0.717) is 17.1 Å². The molecule has 0 fully saturated rings. The number of hydrogen-bond acceptors (Lipinski definition) is 6. The summed E-state index contributed by atoms with van der Waals surface area (Å²) in [6.07, 6.45) is 0. The van der Waals surface area contributed by atoms with Crippen molar-refractivity contribution in [1.82, 2.24) is 10.2 Å². The number of anilines is 1. The molecule has 4 N–H and O–H groups in total. The van der Waals surface area contributed by atoms with Gasteiger partial charge in [-0.25, -0.2) is 0 Å². The van der Waals surface area contributed by atoms with Crippen molar-refractivity contribution < 1.29 is 14.8 Å². The number of ether oxygens (including phenoxy) is 1. The highest BCUT2D eigenvalue weighted by Crippen LogP contribution is 2.34. The van der Waals surface area contributed by atoms with Gasteiger partial charge in [-0.05, 0) is 36.8 Å². The maximum absolute atomic E-state index is 9.49. The van der Waals surface area contributed by atoms with E-state index in [1.807, 2.05) is 25.1 Å². The van der Waals surface area contributed by atoms with Gasteiger partial charge in [-0.3, -0.25) is 0 Å². The summed E-state index contributed by atoms with van der Waals surface area (Å²) in [5, 5.41) is 28.8. The third kappa shape index (κ3) is 2.77. The largest absolute Gasteiger partial charge is 0.496 e. The highest BCUT2D eigenvalue weighted by atomic mass is 35.5. The van der Waals surface area contributed by atoms with E-state index in [1.165, 1.54) is 7.11 Å². The summed E-state index contributed by atoms with van der Waals surface area (Å²) in [6.45, 7) is 1.85. The maximum atomic E-state index is 9.49. The quantitative estimate of drug-likeness (QED) is 0.623. The maximum Gasteiger partial charge on any atom is 0.489 e. The Hall–Kier alpha value is -2.35. The van der Waals surface area contributed by atoms with Gasteiger partial charge in [-0.2, -0.15) is 5.10 Å². The van der Waals surface area contributed by atoms with E-state index < -0.39 is 7.12 Å². The number of nitrogens with zero attached hydrogens (tertiary/aromatic N) is 2. The third-order valence-electron chi connectivity index (χ3n) is 3.90. The van der Waals surface area contributed by atoms with Crippen LogP contribution in [0.5, 0.6) is 5.75 Å². The van der Waals surface area contributed by atoms with Crippen LogP contribution < -0.4 is 15.9 Å². The molecule has 3 rings (SSSR count). The smallest absolute Gasteiger partial charge is 0.489 e. The Morgan fingerprint density at radius 1 is 1.12 bits per heavy atom. The molecule has 122 valence electrons. The van der Waals surface area contributed by atoms with Crippen LogP contribution in [0.25, 0.3) is 21.9 Å². The molecule has 0 atom stereocenters. The highest BCUT2D eigenvalue weighted by Gasteiger charge is 2.20. The molecule has 0 unspecified atom stereocenters. The van der Waals surface area contributed by atoms with Crippen molar-refractivity contribution in [3.8, 4) is 16.9 Å². The second kappa shape index (κ2) is 6.28. The number of rotatable bonds is 3. The molecule has 0 radical (unpaired) electrons. The molecule has 0 saturated heterocycles. The SMILES string of the molecule is COc1cc(Cl)c(B(O)O)cc1-c1ccc2c(N)nnc(C)c2c1. The van der Waals surface area contributed by atoms with Crippen molar-refractivity contribution in [3.05, 3.63) is 41.0 Å². The average Bonchev–Trinajstić information content (AvgIpc) is 2.57. The van der Waals surface area contributed by atoms with Crippen molar-refractivity contribution in [2.24, 2.45) is 0 Å². The second-order valence-electron chi connectivity index (χ2n) is 5.38. The summed E-state index contributed by atoms with van der Waals surface area (Å²) < 4.78 is 5.38. The first-order valence-electron chi connectivity index (χ1n) is 7.19. The third-order valence-corrected chi connectivity index (χ3v) is 4.23. The van der Waals surface area contributed by atoms with Gasteiger partial charge in [0.2, 0.25) is 0 Å². The zero-order chi connectivity index (χ0) is 17.4. The van der Waals surface area contributed by atoms with Crippen molar-refractivity contribution in [3.63, 3.8) is 0 Å². The fraction of sp³-hybridized carbons (Fsp3) is 0.125. The Morgan fingerprint density at radius 3 is 2.54 bits per heavy atom. The van der Waals surface area contributed by atoms with Crippen LogP contribution in [0.1, 0.15) is 5.69 Å². The molecule has 6 nitrogen and oxygen atoms in total. The summed E-state index contributed by atoms with van der Waals surface area (Å²) in [5.74, 6) is 0.882. The molecule has 0 amide bonds. The molecule has 8 heteroatoms. The molecular formula is C16H15BClN3O3. The molecule has 1 heterocycles. The fourth-order valence-electron chi connectivity index (χ4n) is 2.64. The lowest BCUT2D eigenvalue weighted by Crippen LogP contribution is -2.31. The van der Waals surface area contributed by atoms with Crippen LogP contribution in [0.4, 0.5) is 5.82 Å². The molecule has 0 aliphatic heterocycles. The van der Waals surface area contributed by atoms with Crippen molar-refractivity contribution >= 4 is 40.8 Å². The van der Waals surface area contributed by atoms with E-state index in [4.69, 9.17) is 22.1 Å². The monoisotopic (exact) mass is 343 g/mol. The van der Waals surface area contributed by atoms with Crippen LogP contribution in [0.15, 0.2) is 30.3 Å². The minimum Gasteiger partial charge on any atom is -0.496 e. The summed E-state index contributed by atoms with van der Waals surface area (Å²) in [5.41, 5.74) is 8.32. The second-order valence-corrected chi connectivity index (χ2v) is 5.79. The first-order valence-corrected chi connectivity index (χ1v) is 7.56. The number of halogens is 1. The molecule has 0 spiro atoms. The van der Waals surface area contributed by atoms with Gasteiger partial charge in [-0.15, -0.1) is 5.10 Å². The van der Waals surface area contributed by atoms with Crippen molar-refractivity contribution in [2.75, 3.05) is 12.8 Å². The number of nitrogen functional groups attached to an aromatic ring is 1. The molecule has 1 aromatic heterocycles. The summed E-state index contributed by atoms with van der Waals surface area (Å²) >= 11 is 6.07. The van der Waals surface area contributed by atoms with Crippen LogP contribution in [-0.4, -0.2) is 34.5 Å². The molecule has 24 heavy (non-hydrogen) atoms. The van der Waals surface area contributed by atoms with Gasteiger partial charge in [0.05, 0.1) is 12.8 Å². The number of methoxy groups -OCH3 is 1. The molecule has 3 aromatic rings. The van der Waals surface area contributed by atoms with Gasteiger partial charge in [0.25, 0.3) is 0 Å². The molecule has 2 aromatic carbocycles. The van der Waals surface area contributed by atoms with E-state index >= 15 is 0 Å². The van der Waals surface area contributed by atoms with Crippen molar-refractivity contribution in [1.29, 1.82) is 0 Å². The standard InChI is InChI=1S/C16H15BClN3O3/c1-8-11-5-9(3-4-10(11)16(19)21-20-8)12-6-13(17(22)23)14(18)7-15(12)24-2/h3-7,22-23H,1-2H3,(H2,19,21). The van der Waals surface area contributed by atoms with Crippen LogP contribution in [0.3, 0.4) is 0 Å². The van der Waals surface area contributed by atoms with Gasteiger partial charge in [0, 0.05) is 26.8 Å². The summed E-state index contributed by atoms with van der Waals surface area (Å²) in [6, 6.07) is 8.78. The van der Waals surface area contributed by atoms with Crippen LogP contribution >= 0.6 is 11.6 Å². The number of nitrogens with two attached hydrogens (primary N) is 1. The molecule has 0 aliphatic rings. The Morgan fingerprint density at radius 2 is 1.88 bits per heavy atom. The average molecular weight is 344 g/mol. The first-order chi connectivity index (χ1) is 11.4. The lowest BCUT2D eigenvalue weighted by atomic mass is 9.78. The lowest BCUT2D eigenvalue weighted by molar-refractivity contribution is 0.415.